The van der Waals surface area contributed by atoms with Gasteiger partial charge in [0.1, 0.15) is 5.69 Å². The van der Waals surface area contributed by atoms with Gasteiger partial charge in [0, 0.05) is 43.6 Å². The molecule has 0 radical (unpaired) electrons. The number of aromatic nitrogens is 2. The lowest BCUT2D eigenvalue weighted by Gasteiger charge is -2.42. The molecule has 0 aliphatic carbocycles. The van der Waals surface area contributed by atoms with Crippen LogP contribution in [0.15, 0.2) is 76.7 Å². The molecule has 1 N–H and O–H groups in total. The third kappa shape index (κ3) is 3.69. The summed E-state index contributed by atoms with van der Waals surface area (Å²) >= 11 is 0. The van der Waals surface area contributed by atoms with E-state index in [2.05, 4.69) is 9.71 Å². The average molecular weight is 451 g/mol. The molecule has 1 aromatic carbocycles. The first-order valence-electron chi connectivity index (χ1n) is 10.4. The number of benzene rings is 1. The van der Waals surface area contributed by atoms with Crippen molar-refractivity contribution in [2.24, 2.45) is 5.92 Å². The van der Waals surface area contributed by atoms with Crippen molar-refractivity contribution in [3.05, 3.63) is 88.6 Å². The molecule has 2 atom stereocenters. The Morgan fingerprint density at radius 3 is 2.56 bits per heavy atom. The van der Waals surface area contributed by atoms with Crippen LogP contribution in [0.2, 0.25) is 0 Å². The number of carbonyl (C=O) groups excluding carboxylic acids is 1. The molecule has 4 heterocycles. The topological polar surface area (TPSA) is 101 Å². The van der Waals surface area contributed by atoms with Gasteiger partial charge in [0.15, 0.2) is 0 Å². The number of rotatable bonds is 4. The van der Waals surface area contributed by atoms with E-state index in [0.29, 0.717) is 25.2 Å². The number of sulfonamides is 1. The Morgan fingerprint density at radius 2 is 1.81 bits per heavy atom. The van der Waals surface area contributed by atoms with Gasteiger partial charge in [-0.05, 0) is 48.7 Å². The van der Waals surface area contributed by atoms with E-state index in [1.54, 1.807) is 53.4 Å². The van der Waals surface area contributed by atoms with E-state index >= 15 is 0 Å². The number of piperidine rings is 1. The molecule has 0 spiro atoms. The highest BCUT2D eigenvalue weighted by Crippen LogP contribution is 2.36. The second-order valence-electron chi connectivity index (χ2n) is 8.26. The van der Waals surface area contributed by atoms with E-state index < -0.39 is 10.0 Å². The van der Waals surface area contributed by atoms with E-state index in [4.69, 9.17) is 0 Å². The monoisotopic (exact) mass is 450 g/mol. The van der Waals surface area contributed by atoms with E-state index in [0.717, 1.165) is 12.1 Å². The van der Waals surface area contributed by atoms with Crippen molar-refractivity contribution in [2.45, 2.75) is 23.8 Å². The van der Waals surface area contributed by atoms with Crippen LogP contribution < -0.4 is 10.3 Å². The second-order valence-corrected chi connectivity index (χ2v) is 9.94. The SMILES string of the molecule is O=C(c1cccnc1)N1CC2CC(C1)c1ccc(NS(=O)(=O)c3ccccc3)c(=O)n1C2. The molecule has 1 saturated heterocycles. The molecule has 2 bridgehead atoms. The molecule has 8 nitrogen and oxygen atoms in total. The zero-order chi connectivity index (χ0) is 22.3. The van der Waals surface area contributed by atoms with Crippen LogP contribution in [0.3, 0.4) is 0 Å². The van der Waals surface area contributed by atoms with E-state index in [9.17, 15) is 18.0 Å². The van der Waals surface area contributed by atoms with Gasteiger partial charge >= 0.3 is 0 Å². The lowest BCUT2D eigenvalue weighted by atomic mass is 9.83. The van der Waals surface area contributed by atoms with Crippen molar-refractivity contribution in [1.29, 1.82) is 0 Å². The van der Waals surface area contributed by atoms with Gasteiger partial charge in [0.25, 0.3) is 21.5 Å². The van der Waals surface area contributed by atoms with Crippen LogP contribution in [-0.2, 0) is 16.6 Å². The molecule has 2 unspecified atom stereocenters. The third-order valence-electron chi connectivity index (χ3n) is 6.10. The van der Waals surface area contributed by atoms with Gasteiger partial charge in [-0.2, -0.15) is 0 Å². The van der Waals surface area contributed by atoms with Gasteiger partial charge in [0.05, 0.1) is 10.5 Å². The largest absolute Gasteiger partial charge is 0.338 e. The molecular formula is C23H22N4O4S. The minimum Gasteiger partial charge on any atom is -0.338 e. The predicted molar refractivity (Wildman–Crippen MR) is 119 cm³/mol. The average Bonchev–Trinajstić information content (AvgIpc) is 2.81. The van der Waals surface area contributed by atoms with Crippen LogP contribution in [0, 0.1) is 5.92 Å². The summed E-state index contributed by atoms with van der Waals surface area (Å²) in [6.07, 6.45) is 4.09. The number of hydrogen-bond acceptors (Lipinski definition) is 5. The fraction of sp³-hybridized carbons (Fsp3) is 0.261. The molecule has 2 aliphatic heterocycles. The molecule has 32 heavy (non-hydrogen) atoms. The van der Waals surface area contributed by atoms with Gasteiger partial charge in [-0.15, -0.1) is 0 Å². The van der Waals surface area contributed by atoms with E-state index in [1.165, 1.54) is 18.2 Å². The summed E-state index contributed by atoms with van der Waals surface area (Å²) in [5.74, 6) is 0.0898. The van der Waals surface area contributed by atoms with Gasteiger partial charge in [-0.3, -0.25) is 19.3 Å². The van der Waals surface area contributed by atoms with Gasteiger partial charge < -0.3 is 9.47 Å². The zero-order valence-electron chi connectivity index (χ0n) is 17.2. The molecule has 1 fully saturated rings. The Kier molecular flexibility index (Phi) is 5.05. The summed E-state index contributed by atoms with van der Waals surface area (Å²) in [7, 11) is -3.85. The summed E-state index contributed by atoms with van der Waals surface area (Å²) in [5, 5.41) is 0. The highest BCUT2D eigenvalue weighted by Gasteiger charge is 2.37. The third-order valence-corrected chi connectivity index (χ3v) is 7.48. The van der Waals surface area contributed by atoms with E-state index in [1.807, 2.05) is 4.90 Å². The van der Waals surface area contributed by atoms with Crippen LogP contribution in [0.25, 0.3) is 0 Å². The molecule has 2 aromatic heterocycles. The van der Waals surface area contributed by atoms with Crippen molar-refractivity contribution in [2.75, 3.05) is 17.8 Å². The number of nitrogens with one attached hydrogen (secondary N) is 1. The normalized spacial score (nSPS) is 19.8. The smallest absolute Gasteiger partial charge is 0.275 e. The number of fused-ring (bicyclic) bond motifs is 4. The summed E-state index contributed by atoms with van der Waals surface area (Å²) in [4.78, 5) is 32.0. The van der Waals surface area contributed by atoms with Crippen molar-refractivity contribution in [3.63, 3.8) is 0 Å². The number of carbonyl (C=O) groups is 1. The first-order chi connectivity index (χ1) is 15.4. The number of hydrogen-bond donors (Lipinski definition) is 1. The Balaban J connectivity index is 1.41. The van der Waals surface area contributed by atoms with Gasteiger partial charge in [-0.25, -0.2) is 8.42 Å². The Bertz CT molecular complexity index is 1320. The van der Waals surface area contributed by atoms with Crippen molar-refractivity contribution in [3.8, 4) is 0 Å². The Morgan fingerprint density at radius 1 is 1.00 bits per heavy atom. The maximum Gasteiger partial charge on any atom is 0.275 e. The minimum atomic E-state index is -3.85. The second kappa shape index (κ2) is 7.90. The van der Waals surface area contributed by atoms with Crippen molar-refractivity contribution in [1.82, 2.24) is 14.5 Å². The summed E-state index contributed by atoms with van der Waals surface area (Å²) in [6, 6.07) is 14.8. The highest BCUT2D eigenvalue weighted by atomic mass is 32.2. The number of pyridine rings is 2. The van der Waals surface area contributed by atoms with Crippen molar-refractivity contribution < 1.29 is 13.2 Å². The van der Waals surface area contributed by atoms with Crippen LogP contribution in [0.5, 0.6) is 0 Å². The number of amides is 1. The highest BCUT2D eigenvalue weighted by molar-refractivity contribution is 7.92. The predicted octanol–water partition coefficient (Wildman–Crippen LogP) is 2.30. The molecule has 164 valence electrons. The molecular weight excluding hydrogens is 428 g/mol. The molecule has 1 amide bonds. The number of anilines is 1. The summed E-state index contributed by atoms with van der Waals surface area (Å²) in [6.45, 7) is 1.51. The maximum atomic E-state index is 13.1. The Hall–Kier alpha value is -3.46. The van der Waals surface area contributed by atoms with E-state index in [-0.39, 0.29) is 33.9 Å². The van der Waals surface area contributed by atoms with Gasteiger partial charge in [0.2, 0.25) is 0 Å². The fourth-order valence-corrected chi connectivity index (χ4v) is 5.74. The fourth-order valence-electron chi connectivity index (χ4n) is 4.66. The number of likely N-dealkylation sites (tertiary alicyclic amines) is 1. The molecule has 3 aromatic rings. The van der Waals surface area contributed by atoms with Crippen LogP contribution >= 0.6 is 0 Å². The summed E-state index contributed by atoms with van der Waals surface area (Å²) < 4.78 is 29.4. The zero-order valence-corrected chi connectivity index (χ0v) is 18.0. The van der Waals surface area contributed by atoms with Crippen molar-refractivity contribution >= 4 is 21.6 Å². The lowest BCUT2D eigenvalue weighted by molar-refractivity contribution is 0.0594. The quantitative estimate of drug-likeness (QED) is 0.657. The first-order valence-corrected chi connectivity index (χ1v) is 11.9. The van der Waals surface area contributed by atoms with Crippen LogP contribution in [0.1, 0.15) is 28.4 Å². The lowest BCUT2D eigenvalue weighted by Crippen LogP contribution is -2.49. The first kappa shape index (κ1) is 20.4. The van der Waals surface area contributed by atoms with Gasteiger partial charge in [-0.1, -0.05) is 18.2 Å². The molecule has 5 rings (SSSR count). The molecule has 9 heteroatoms. The summed E-state index contributed by atoms with van der Waals surface area (Å²) in [5.41, 5.74) is 1.05. The minimum absolute atomic E-state index is 0.0237. The maximum absolute atomic E-state index is 13.1. The van der Waals surface area contributed by atoms with Crippen LogP contribution in [0.4, 0.5) is 5.69 Å². The standard InChI is InChI=1S/C23H22N4O4S/c28-22(17-5-4-10-24-12-17)26-13-16-11-18(15-26)21-9-8-20(23(29)27(21)14-16)25-32(30,31)19-6-2-1-3-7-19/h1-10,12,16,18,25H,11,13-15H2. The molecule has 0 saturated carbocycles. The molecule has 2 aliphatic rings. The Labute approximate surface area is 185 Å². The number of nitrogens with zero attached hydrogens (tertiary/aromatic N) is 3. The van der Waals surface area contributed by atoms with Crippen LogP contribution in [-0.4, -0.2) is 41.9 Å².